The van der Waals surface area contributed by atoms with Crippen LogP contribution in [0.4, 0.5) is 17.6 Å². The van der Waals surface area contributed by atoms with E-state index in [9.17, 15) is 36.6 Å². The molecule has 4 aromatic rings. The van der Waals surface area contributed by atoms with Crippen molar-refractivity contribution >= 4 is 38.2 Å². The van der Waals surface area contributed by atoms with Crippen LogP contribution in [-0.2, 0) is 29.0 Å². The molecule has 0 fully saturated rings. The highest BCUT2D eigenvalue weighted by Gasteiger charge is 2.34. The maximum atomic E-state index is 15.2. The van der Waals surface area contributed by atoms with Gasteiger partial charge in [0.25, 0.3) is 5.91 Å². The molecular weight excluding hydrogens is 600 g/mol. The van der Waals surface area contributed by atoms with Gasteiger partial charge in [0.15, 0.2) is 9.84 Å². The van der Waals surface area contributed by atoms with Crippen LogP contribution in [-0.4, -0.2) is 48.1 Å². The van der Waals surface area contributed by atoms with Crippen molar-refractivity contribution < 1.29 is 41.0 Å². The summed E-state index contributed by atoms with van der Waals surface area (Å²) in [6, 6.07) is 11.9. The molecule has 1 aromatic heterocycles. The number of hydrogen-bond donors (Lipinski definition) is 3. The molecule has 1 heterocycles. The summed E-state index contributed by atoms with van der Waals surface area (Å²) in [5, 5.41) is 22.3. The van der Waals surface area contributed by atoms with Crippen LogP contribution in [0.2, 0.25) is 5.02 Å². The van der Waals surface area contributed by atoms with Crippen LogP contribution < -0.4 is 5.32 Å². The van der Waals surface area contributed by atoms with Crippen LogP contribution in [0.15, 0.2) is 65.6 Å². The van der Waals surface area contributed by atoms with Gasteiger partial charge in [-0.05, 0) is 53.6 Å². The number of nitrogens with zero attached hydrogens (tertiary/aromatic N) is 1. The van der Waals surface area contributed by atoms with Crippen molar-refractivity contribution in [3.05, 3.63) is 99.5 Å². The van der Waals surface area contributed by atoms with Crippen LogP contribution in [0.25, 0.3) is 10.9 Å². The molecule has 1 amide bonds. The van der Waals surface area contributed by atoms with Gasteiger partial charge in [0.1, 0.15) is 5.82 Å². The Kier molecular flexibility index (Phi) is 9.31. The monoisotopic (exact) mass is 626 g/mol. The van der Waals surface area contributed by atoms with E-state index in [1.165, 1.54) is 60.0 Å². The Bertz CT molecular complexity index is 1720. The molecule has 13 heteroatoms. The van der Waals surface area contributed by atoms with Gasteiger partial charge in [0.2, 0.25) is 0 Å². The average Bonchev–Trinajstić information content (AvgIpc) is 3.27. The molecule has 0 spiro atoms. The molecule has 42 heavy (non-hydrogen) atoms. The Labute approximate surface area is 244 Å². The highest BCUT2D eigenvalue weighted by Crippen LogP contribution is 2.35. The number of fused-ring (bicyclic) bond motifs is 1. The second-order valence-corrected chi connectivity index (χ2v) is 12.3. The molecule has 7 nitrogen and oxygen atoms in total. The van der Waals surface area contributed by atoms with Crippen LogP contribution in [0.1, 0.15) is 45.7 Å². The lowest BCUT2D eigenvalue weighted by atomic mass is 10.0. The van der Waals surface area contributed by atoms with Gasteiger partial charge in [-0.25, -0.2) is 12.8 Å². The number of aromatic nitrogens is 1. The molecule has 0 saturated heterocycles. The van der Waals surface area contributed by atoms with E-state index < -0.39 is 46.0 Å². The number of aliphatic hydroxyl groups is 2. The summed E-state index contributed by atoms with van der Waals surface area (Å²) >= 11 is 5.79. The minimum atomic E-state index is -4.67. The van der Waals surface area contributed by atoms with Crippen molar-refractivity contribution in [1.82, 2.24) is 9.88 Å². The third-order valence-corrected chi connectivity index (χ3v) is 8.89. The van der Waals surface area contributed by atoms with Crippen molar-refractivity contribution in [2.45, 2.75) is 37.0 Å². The SMILES string of the molecule is CCS(=O)(=O)c1ccc([C@H](CO)NC(=O)c2cc3cc(Cc4ccc(Cl)cc4C(F)(F)F)n(CCO)c3cc2F)cc1. The minimum absolute atomic E-state index is 0.0326. The zero-order valence-corrected chi connectivity index (χ0v) is 23.8. The van der Waals surface area contributed by atoms with Gasteiger partial charge < -0.3 is 20.1 Å². The van der Waals surface area contributed by atoms with Gasteiger partial charge in [-0.1, -0.05) is 36.7 Å². The van der Waals surface area contributed by atoms with E-state index in [4.69, 9.17) is 11.6 Å². The standard InChI is InChI=1S/C29H27ClF4N2O5S/c1-2-42(40,41)22-7-4-17(5-8-22)26(16-38)35-28(39)23-13-19-12-21(36(9-10-37)27(19)15-25(23)31)11-18-3-6-20(30)14-24(18)29(32,33)34/h3-8,12-15,26,37-38H,2,9-11,16H2,1H3,(H,35,39)/t26-/m0/s1. The average molecular weight is 627 g/mol. The summed E-state index contributed by atoms with van der Waals surface area (Å²) < 4.78 is 81.9. The molecule has 0 aliphatic rings. The Hall–Kier alpha value is -3.45. The summed E-state index contributed by atoms with van der Waals surface area (Å²) in [5.74, 6) is -1.89. The summed E-state index contributed by atoms with van der Waals surface area (Å²) in [6.45, 7) is 0.540. The second-order valence-electron chi connectivity index (χ2n) is 9.56. The number of carbonyl (C=O) groups is 1. The van der Waals surface area contributed by atoms with E-state index in [2.05, 4.69) is 5.32 Å². The highest BCUT2D eigenvalue weighted by molar-refractivity contribution is 7.91. The summed E-state index contributed by atoms with van der Waals surface area (Å²) in [7, 11) is -3.46. The smallest absolute Gasteiger partial charge is 0.395 e. The Morgan fingerprint density at radius 2 is 1.74 bits per heavy atom. The predicted octanol–water partition coefficient (Wildman–Crippen LogP) is 5.29. The predicted molar refractivity (Wildman–Crippen MR) is 150 cm³/mol. The summed E-state index contributed by atoms with van der Waals surface area (Å²) in [4.78, 5) is 13.2. The number of hydrogen-bond acceptors (Lipinski definition) is 5. The van der Waals surface area contributed by atoms with E-state index in [1.807, 2.05) is 0 Å². The van der Waals surface area contributed by atoms with Crippen molar-refractivity contribution in [3.63, 3.8) is 0 Å². The normalized spacial score (nSPS) is 13.0. The van der Waals surface area contributed by atoms with Crippen molar-refractivity contribution in [2.24, 2.45) is 0 Å². The van der Waals surface area contributed by atoms with Gasteiger partial charge in [0, 0.05) is 29.1 Å². The van der Waals surface area contributed by atoms with Crippen LogP contribution in [0.3, 0.4) is 0 Å². The summed E-state index contributed by atoms with van der Waals surface area (Å²) in [5.41, 5.74) is -0.363. The van der Waals surface area contributed by atoms with Crippen LogP contribution in [0, 0.1) is 5.82 Å². The van der Waals surface area contributed by atoms with E-state index in [0.717, 1.165) is 12.1 Å². The quantitative estimate of drug-likeness (QED) is 0.207. The van der Waals surface area contributed by atoms with Crippen molar-refractivity contribution in [3.8, 4) is 0 Å². The molecule has 0 radical (unpaired) electrons. The number of nitrogens with one attached hydrogen (secondary N) is 1. The molecule has 0 bridgehead atoms. The highest BCUT2D eigenvalue weighted by atomic mass is 35.5. The van der Waals surface area contributed by atoms with Crippen LogP contribution >= 0.6 is 11.6 Å². The largest absolute Gasteiger partial charge is 0.416 e. The number of alkyl halides is 3. The fourth-order valence-corrected chi connectivity index (χ4v) is 5.79. The molecule has 3 N–H and O–H groups in total. The van der Waals surface area contributed by atoms with E-state index in [1.54, 1.807) is 0 Å². The van der Waals surface area contributed by atoms with Crippen LogP contribution in [0.5, 0.6) is 0 Å². The maximum absolute atomic E-state index is 15.2. The Morgan fingerprint density at radius 1 is 1.05 bits per heavy atom. The van der Waals surface area contributed by atoms with Gasteiger partial charge in [0.05, 0.1) is 46.5 Å². The first-order valence-corrected chi connectivity index (χ1v) is 14.8. The van der Waals surface area contributed by atoms with E-state index in [0.29, 0.717) is 16.6 Å². The molecule has 224 valence electrons. The molecule has 4 rings (SSSR count). The van der Waals surface area contributed by atoms with Gasteiger partial charge >= 0.3 is 6.18 Å². The fraction of sp³-hybridized carbons (Fsp3) is 0.276. The fourth-order valence-electron chi connectivity index (χ4n) is 4.73. The molecule has 0 aliphatic carbocycles. The number of sulfone groups is 1. The third-order valence-electron chi connectivity index (χ3n) is 6.90. The molecule has 3 aromatic carbocycles. The van der Waals surface area contributed by atoms with Crippen molar-refractivity contribution in [1.29, 1.82) is 0 Å². The number of halogens is 5. The first-order chi connectivity index (χ1) is 19.8. The molecule has 0 aliphatic heterocycles. The maximum Gasteiger partial charge on any atom is 0.416 e. The Balaban J connectivity index is 1.67. The zero-order valence-electron chi connectivity index (χ0n) is 22.3. The van der Waals surface area contributed by atoms with Crippen molar-refractivity contribution in [2.75, 3.05) is 19.0 Å². The lowest BCUT2D eigenvalue weighted by molar-refractivity contribution is -0.138. The number of amides is 1. The van der Waals surface area contributed by atoms with Gasteiger partial charge in [-0.2, -0.15) is 13.2 Å². The first-order valence-electron chi connectivity index (χ1n) is 12.8. The summed E-state index contributed by atoms with van der Waals surface area (Å²) in [6.07, 6.45) is -4.88. The topological polar surface area (TPSA) is 109 Å². The third kappa shape index (κ3) is 6.62. The van der Waals surface area contributed by atoms with E-state index >= 15 is 4.39 Å². The lowest BCUT2D eigenvalue weighted by Gasteiger charge is -2.18. The molecule has 0 saturated carbocycles. The molecular formula is C29H27ClF4N2O5S. The zero-order chi connectivity index (χ0) is 30.8. The van der Waals surface area contributed by atoms with E-state index in [-0.39, 0.29) is 51.9 Å². The lowest BCUT2D eigenvalue weighted by Crippen LogP contribution is -2.31. The number of aliphatic hydroxyl groups excluding tert-OH is 2. The Morgan fingerprint density at radius 3 is 2.33 bits per heavy atom. The number of rotatable bonds is 10. The minimum Gasteiger partial charge on any atom is -0.395 e. The molecule has 1 atom stereocenters. The van der Waals surface area contributed by atoms with Gasteiger partial charge in [-0.3, -0.25) is 4.79 Å². The number of carbonyl (C=O) groups excluding carboxylic acids is 1. The molecule has 0 unspecified atom stereocenters. The van der Waals surface area contributed by atoms with Gasteiger partial charge in [-0.15, -0.1) is 0 Å². The second kappa shape index (κ2) is 12.4. The first kappa shape index (κ1) is 31.5. The number of benzene rings is 3.